The van der Waals surface area contributed by atoms with Gasteiger partial charge in [0.15, 0.2) is 0 Å². The second kappa shape index (κ2) is 5.15. The van der Waals surface area contributed by atoms with Gasteiger partial charge in [-0.15, -0.1) is 0 Å². The van der Waals surface area contributed by atoms with Crippen molar-refractivity contribution in [2.75, 3.05) is 12.4 Å². The summed E-state index contributed by atoms with van der Waals surface area (Å²) in [7, 11) is 1.68. The first-order chi connectivity index (χ1) is 8.90. The molecule has 0 aliphatic heterocycles. The Morgan fingerprint density at radius 2 is 2.00 bits per heavy atom. The van der Waals surface area contributed by atoms with Crippen molar-refractivity contribution >= 4 is 11.7 Å². The molecule has 2 rings (SSSR count). The number of hydrogen-bond donors (Lipinski definition) is 2. The molecule has 0 radical (unpaired) electrons. The number of hydrogen-bond acceptors (Lipinski definition) is 4. The number of anilines is 1. The van der Waals surface area contributed by atoms with E-state index in [1.54, 1.807) is 13.4 Å². The minimum atomic E-state index is 0.0175. The average Bonchev–Trinajstić information content (AvgIpc) is 2.31. The van der Waals surface area contributed by atoms with E-state index in [0.717, 1.165) is 24.4 Å². The predicted octanol–water partition coefficient (Wildman–Crippen LogP) is 1.71. The topological polar surface area (TPSA) is 66.9 Å². The zero-order chi connectivity index (χ0) is 14.0. The lowest BCUT2D eigenvalue weighted by Gasteiger charge is -2.34. The first kappa shape index (κ1) is 13.8. The van der Waals surface area contributed by atoms with Crippen LogP contribution in [0.4, 0.5) is 5.82 Å². The fraction of sp³-hybridized carbons (Fsp3) is 0.643. The molecule has 0 atom stereocenters. The predicted molar refractivity (Wildman–Crippen MR) is 74.9 cm³/mol. The van der Waals surface area contributed by atoms with Gasteiger partial charge in [0, 0.05) is 30.5 Å². The maximum atomic E-state index is 11.4. The van der Waals surface area contributed by atoms with E-state index in [0.29, 0.717) is 6.04 Å². The smallest absolute Gasteiger partial charge is 0.223 e. The Labute approximate surface area is 114 Å². The third-order valence-electron chi connectivity index (χ3n) is 3.54. The second-order valence-electron chi connectivity index (χ2n) is 6.16. The summed E-state index contributed by atoms with van der Waals surface area (Å²) in [5.74, 6) is 1.13. The van der Waals surface area contributed by atoms with Gasteiger partial charge in [0.25, 0.3) is 0 Å². The number of carbonyl (C=O) groups excluding carboxylic acids is 1. The molecule has 0 spiro atoms. The molecule has 1 amide bonds. The van der Waals surface area contributed by atoms with Crippen LogP contribution in [0.3, 0.4) is 0 Å². The van der Waals surface area contributed by atoms with Crippen LogP contribution in [-0.2, 0) is 10.2 Å². The summed E-state index contributed by atoms with van der Waals surface area (Å²) >= 11 is 0. The molecule has 5 heteroatoms. The average molecular weight is 262 g/mol. The van der Waals surface area contributed by atoms with E-state index in [1.807, 2.05) is 6.07 Å². The van der Waals surface area contributed by atoms with Gasteiger partial charge in [-0.3, -0.25) is 4.79 Å². The molecule has 2 N–H and O–H groups in total. The highest BCUT2D eigenvalue weighted by atomic mass is 16.1. The summed E-state index contributed by atoms with van der Waals surface area (Å²) in [5.41, 5.74) is 1.04. The van der Waals surface area contributed by atoms with Crippen molar-refractivity contribution in [2.45, 2.75) is 45.1 Å². The number of rotatable bonds is 3. The van der Waals surface area contributed by atoms with E-state index in [1.165, 1.54) is 0 Å². The zero-order valence-electron chi connectivity index (χ0n) is 12.0. The zero-order valence-corrected chi connectivity index (χ0v) is 12.0. The van der Waals surface area contributed by atoms with Crippen LogP contribution in [0.2, 0.25) is 0 Å². The van der Waals surface area contributed by atoms with Crippen LogP contribution in [0.5, 0.6) is 0 Å². The first-order valence-electron chi connectivity index (χ1n) is 6.71. The Morgan fingerprint density at radius 3 is 2.58 bits per heavy atom. The van der Waals surface area contributed by atoms with Crippen molar-refractivity contribution in [3.8, 4) is 0 Å². The van der Waals surface area contributed by atoms with Crippen LogP contribution >= 0.6 is 0 Å². The molecule has 0 aromatic carbocycles. The Balaban J connectivity index is 1.93. The highest BCUT2D eigenvalue weighted by Crippen LogP contribution is 2.30. The SMILES string of the molecule is CNC(=O)C1CC(Nc2cc(C(C)(C)C)ncn2)C1. The molecular formula is C14H22N4O. The number of amides is 1. The van der Waals surface area contributed by atoms with Crippen LogP contribution in [0, 0.1) is 5.92 Å². The van der Waals surface area contributed by atoms with Crippen LogP contribution in [0.15, 0.2) is 12.4 Å². The van der Waals surface area contributed by atoms with Crippen molar-refractivity contribution in [2.24, 2.45) is 5.92 Å². The fourth-order valence-corrected chi connectivity index (χ4v) is 2.21. The minimum absolute atomic E-state index is 0.0175. The summed E-state index contributed by atoms with van der Waals surface area (Å²) in [6.45, 7) is 6.39. The molecule has 1 aliphatic rings. The van der Waals surface area contributed by atoms with E-state index < -0.39 is 0 Å². The molecule has 1 aliphatic carbocycles. The van der Waals surface area contributed by atoms with Gasteiger partial charge in [0.1, 0.15) is 12.1 Å². The molecule has 0 unspecified atom stereocenters. The molecule has 1 aromatic rings. The van der Waals surface area contributed by atoms with Crippen LogP contribution in [0.25, 0.3) is 0 Å². The van der Waals surface area contributed by atoms with E-state index in [-0.39, 0.29) is 17.2 Å². The van der Waals surface area contributed by atoms with Crippen LogP contribution in [0.1, 0.15) is 39.3 Å². The van der Waals surface area contributed by atoms with Gasteiger partial charge >= 0.3 is 0 Å². The lowest BCUT2D eigenvalue weighted by atomic mass is 9.79. The summed E-state index contributed by atoms with van der Waals surface area (Å²) in [4.78, 5) is 20.0. The number of aromatic nitrogens is 2. The molecule has 1 saturated carbocycles. The lowest BCUT2D eigenvalue weighted by molar-refractivity contribution is -0.127. The van der Waals surface area contributed by atoms with Gasteiger partial charge in [-0.2, -0.15) is 0 Å². The van der Waals surface area contributed by atoms with Gasteiger partial charge in [0.2, 0.25) is 5.91 Å². The van der Waals surface area contributed by atoms with Crippen LogP contribution in [-0.4, -0.2) is 29.0 Å². The Hall–Kier alpha value is -1.65. The molecule has 0 bridgehead atoms. The minimum Gasteiger partial charge on any atom is -0.367 e. The standard InChI is InChI=1S/C14H22N4O/c1-14(2,3)11-7-12(17-8-16-11)18-10-5-9(6-10)13(19)15-4/h7-10H,5-6H2,1-4H3,(H,15,19)(H,16,17,18). The molecule has 0 saturated heterocycles. The quantitative estimate of drug-likeness (QED) is 0.870. The molecule has 5 nitrogen and oxygen atoms in total. The highest BCUT2D eigenvalue weighted by Gasteiger charge is 2.34. The second-order valence-corrected chi connectivity index (χ2v) is 6.16. The maximum absolute atomic E-state index is 11.4. The fourth-order valence-electron chi connectivity index (χ4n) is 2.21. The molecule has 104 valence electrons. The Bertz CT molecular complexity index is 461. The van der Waals surface area contributed by atoms with Crippen molar-refractivity contribution in [1.29, 1.82) is 0 Å². The number of nitrogens with one attached hydrogen (secondary N) is 2. The van der Waals surface area contributed by atoms with E-state index in [2.05, 4.69) is 41.4 Å². The third-order valence-corrected chi connectivity index (χ3v) is 3.54. The summed E-state index contributed by atoms with van der Waals surface area (Å²) in [5, 5.41) is 6.06. The van der Waals surface area contributed by atoms with Crippen molar-refractivity contribution < 1.29 is 4.79 Å². The van der Waals surface area contributed by atoms with Gasteiger partial charge < -0.3 is 10.6 Å². The summed E-state index contributed by atoms with van der Waals surface area (Å²) in [6.07, 6.45) is 3.33. The summed E-state index contributed by atoms with van der Waals surface area (Å²) in [6, 6.07) is 2.33. The molecule has 1 fully saturated rings. The van der Waals surface area contributed by atoms with Crippen molar-refractivity contribution in [3.63, 3.8) is 0 Å². The highest BCUT2D eigenvalue weighted by molar-refractivity contribution is 5.79. The van der Waals surface area contributed by atoms with E-state index >= 15 is 0 Å². The maximum Gasteiger partial charge on any atom is 0.223 e. The monoisotopic (exact) mass is 262 g/mol. The Kier molecular flexibility index (Phi) is 3.73. The first-order valence-corrected chi connectivity index (χ1v) is 6.71. The largest absolute Gasteiger partial charge is 0.367 e. The van der Waals surface area contributed by atoms with Gasteiger partial charge in [0.05, 0.1) is 5.69 Å². The van der Waals surface area contributed by atoms with Crippen molar-refractivity contribution in [3.05, 3.63) is 18.1 Å². The summed E-state index contributed by atoms with van der Waals surface area (Å²) < 4.78 is 0. The molecule has 1 aromatic heterocycles. The number of nitrogens with zero attached hydrogens (tertiary/aromatic N) is 2. The van der Waals surface area contributed by atoms with E-state index in [9.17, 15) is 4.79 Å². The third kappa shape index (κ3) is 3.22. The molecular weight excluding hydrogens is 240 g/mol. The molecule has 19 heavy (non-hydrogen) atoms. The van der Waals surface area contributed by atoms with Crippen LogP contribution < -0.4 is 10.6 Å². The van der Waals surface area contributed by atoms with E-state index in [4.69, 9.17) is 0 Å². The van der Waals surface area contributed by atoms with Gasteiger partial charge in [-0.05, 0) is 12.8 Å². The van der Waals surface area contributed by atoms with Gasteiger partial charge in [-0.25, -0.2) is 9.97 Å². The normalized spacial score (nSPS) is 22.5. The number of carbonyl (C=O) groups is 1. The lowest BCUT2D eigenvalue weighted by Crippen LogP contribution is -2.43. The molecule has 1 heterocycles. The van der Waals surface area contributed by atoms with Crippen molar-refractivity contribution in [1.82, 2.24) is 15.3 Å². The van der Waals surface area contributed by atoms with Gasteiger partial charge in [-0.1, -0.05) is 20.8 Å². The Morgan fingerprint density at radius 1 is 1.32 bits per heavy atom.